The Hall–Kier alpha value is -6.85. The molecule has 0 spiro atoms. The van der Waals surface area contributed by atoms with E-state index in [-0.39, 0.29) is 157 Å². The van der Waals surface area contributed by atoms with Crippen molar-refractivity contribution in [2.75, 3.05) is 14.2 Å². The average Bonchev–Trinajstić information content (AvgIpc) is 0.531. The van der Waals surface area contributed by atoms with Gasteiger partial charge in [-0.2, -0.15) is 0 Å². The third-order valence-electron chi connectivity index (χ3n) is 19.6. The van der Waals surface area contributed by atoms with Crippen LogP contribution in [0.4, 0.5) is 0 Å². The number of ketones is 4. The second kappa shape index (κ2) is 31.4. The van der Waals surface area contributed by atoms with E-state index in [0.717, 1.165) is 18.4 Å². The molecule has 4 aliphatic carbocycles. The summed E-state index contributed by atoms with van der Waals surface area (Å²) in [6.07, 6.45) is 3.26. The van der Waals surface area contributed by atoms with Gasteiger partial charge < -0.3 is 88.0 Å². The van der Waals surface area contributed by atoms with Crippen LogP contribution in [0.25, 0.3) is 6.15 Å². The van der Waals surface area contributed by atoms with E-state index in [4.69, 9.17) is 38.6 Å². The van der Waals surface area contributed by atoms with E-state index in [1.165, 1.54) is 33.3 Å². The van der Waals surface area contributed by atoms with Crippen LogP contribution in [0.3, 0.4) is 0 Å². The molecular weight excluding hydrogens is 1400 g/mol. The fourth-order valence-electron chi connectivity index (χ4n) is 14.2. The third-order valence-corrected chi connectivity index (χ3v) is 19.6. The summed E-state index contributed by atoms with van der Waals surface area (Å²) in [5.74, 6) is -7.05. The number of hydrogen-bond donors (Lipinski definition) is 9. The predicted octanol–water partition coefficient (Wildman–Crippen LogP) is 11.6. The van der Waals surface area contributed by atoms with Gasteiger partial charge in [0.25, 0.3) is 0 Å². The number of aliphatic hydroxyl groups excluding tert-OH is 1. The number of carbonyl (C=O) groups is 6. The molecule has 22 nitrogen and oxygen atoms in total. The molecule has 10 rings (SSSR count). The number of allylic oxidation sites excluding steroid dienone is 2. The van der Waals surface area contributed by atoms with Crippen LogP contribution in [0.2, 0.25) is 0 Å². The summed E-state index contributed by atoms with van der Waals surface area (Å²) in [5, 5.41) is 97.5. The maximum atomic E-state index is 13.9. The number of aromatic hydroxyl groups is 4. The van der Waals surface area contributed by atoms with Crippen molar-refractivity contribution in [1.82, 2.24) is 0 Å². The molecule has 0 amide bonds. The predicted molar refractivity (Wildman–Crippen MR) is 343 cm³/mol. The number of carboxylic acids is 2. The van der Waals surface area contributed by atoms with Gasteiger partial charge in [0.15, 0.2) is 30.1 Å². The molecule has 4 aromatic carbocycles. The Balaban J connectivity index is 0.000000293. The Bertz CT molecular complexity index is 3580. The van der Waals surface area contributed by atoms with Gasteiger partial charge in [-0.3, -0.25) is 28.8 Å². The monoisotopic (exact) mass is 1490 g/mol. The number of hydrogen-bond acceptors (Lipinski definition) is 19. The van der Waals surface area contributed by atoms with Crippen molar-refractivity contribution in [2.45, 2.75) is 194 Å². The van der Waals surface area contributed by atoms with Gasteiger partial charge in [0.05, 0.1) is 89.3 Å². The smallest absolute Gasteiger partial charge is 0.693 e. The minimum atomic E-state index is -1.45. The van der Waals surface area contributed by atoms with Crippen molar-refractivity contribution in [3.05, 3.63) is 140 Å². The van der Waals surface area contributed by atoms with Gasteiger partial charge >= 0.3 is 33.0 Å². The first-order chi connectivity index (χ1) is 43.1. The van der Waals surface area contributed by atoms with Crippen LogP contribution in [0, 0.1) is 31.1 Å². The quantitative estimate of drug-likeness (QED) is 0.0200. The van der Waals surface area contributed by atoms with Gasteiger partial charge in [-0.15, -0.1) is 0 Å². The van der Waals surface area contributed by atoms with Gasteiger partial charge in [-0.1, -0.05) is 90.3 Å². The number of phenolic OH excluding ortho intramolecular Hbond substituents is 4. The molecule has 6 aliphatic rings. The first kappa shape index (κ1) is 77.8. The third kappa shape index (κ3) is 14.2. The Labute approximate surface area is 563 Å². The Morgan fingerprint density at radius 1 is 0.628 bits per heavy atom. The van der Waals surface area contributed by atoms with Crippen LogP contribution in [-0.4, -0.2) is 137 Å². The summed E-state index contributed by atoms with van der Waals surface area (Å²) >= 11 is 0. The standard InChI is InChI=1S/C33H40O9.C32H38O8.C5H8O4.CH3.H2N.Pt/c1-6-10-18(8-3)33(39)14-20-25(22(15-33)42-23-13-17(7-2)28(34)16(4)41-23)32(38)27-26(30(20)36)29(35)19-11-9-12-21(40-5)24(19)31(27)37;1-7-15(3)32(37)13-20-25(22(14-32)40-23-12-18(8-2)16(4)17(5)39-23)31(36)27-26(29(20)34)28(33)19-10-9-11-21(38-6)24(19)30(27)35;1-2-3(4(6)7)5(8)9;;;/h8-9,11-12,16-17,22-23,28,34,36,38-39H,6-7,10,13-15H2,1-5H3;7,9-11,16-18,22-23,34,36-37H,8,12-14H2,1-6H3;3H,2H2,1H3,(H,6,7)(H,8,9);1H3;1H2;/q;;;2*-1;+2/b18-8-;15-7-;;;;/t16-,17-,22-,23-,28+,33-;16-,17+,18+,22+,23+,32+;;;;/m01..../s1. The van der Waals surface area contributed by atoms with E-state index in [1.807, 2.05) is 40.7 Å². The molecule has 2 aliphatic heterocycles. The van der Waals surface area contributed by atoms with Crippen molar-refractivity contribution in [2.24, 2.45) is 23.7 Å². The molecule has 4 aromatic rings. The summed E-state index contributed by atoms with van der Waals surface area (Å²) in [7, 11) is 2.79. The molecule has 0 unspecified atom stereocenters. The van der Waals surface area contributed by atoms with Gasteiger partial charge in [-0.25, -0.2) is 0 Å². The maximum Gasteiger partial charge on any atom is 2.00 e. The molecule has 94 heavy (non-hydrogen) atoms. The number of rotatable bonds is 15. The van der Waals surface area contributed by atoms with Crippen molar-refractivity contribution in [1.29, 1.82) is 0 Å². The molecule has 0 radical (unpaired) electrons. The van der Waals surface area contributed by atoms with E-state index in [9.17, 15) is 64.5 Å². The van der Waals surface area contributed by atoms with Gasteiger partial charge in [0, 0.05) is 71.9 Å². The van der Waals surface area contributed by atoms with Crippen LogP contribution in [0.1, 0.15) is 225 Å². The Morgan fingerprint density at radius 2 is 1.04 bits per heavy atom. The summed E-state index contributed by atoms with van der Waals surface area (Å²) in [6, 6.07) is 9.29. The molecule has 23 heteroatoms. The fraction of sp³-hybridized carbons (Fsp3) is 0.507. The van der Waals surface area contributed by atoms with Crippen LogP contribution >= 0.6 is 0 Å². The Kier molecular flexibility index (Phi) is 26.0. The second-order valence-corrected chi connectivity index (χ2v) is 24.7. The van der Waals surface area contributed by atoms with Crippen molar-refractivity contribution in [3.63, 3.8) is 0 Å². The summed E-state index contributed by atoms with van der Waals surface area (Å²) in [4.78, 5) is 75.1. The van der Waals surface area contributed by atoms with Gasteiger partial charge in [0.2, 0.25) is 11.6 Å². The molecule has 0 bridgehead atoms. The number of benzene rings is 4. The Morgan fingerprint density at radius 3 is 1.43 bits per heavy atom. The summed E-state index contributed by atoms with van der Waals surface area (Å²) in [5.41, 5.74) is -1.72. The van der Waals surface area contributed by atoms with E-state index in [1.54, 1.807) is 44.2 Å². The van der Waals surface area contributed by atoms with Gasteiger partial charge in [0.1, 0.15) is 34.5 Å². The van der Waals surface area contributed by atoms with Crippen molar-refractivity contribution >= 4 is 35.1 Å². The molecule has 0 saturated carbocycles. The van der Waals surface area contributed by atoms with E-state index < -0.39 is 112 Å². The van der Waals surface area contributed by atoms with Gasteiger partial charge in [-0.05, 0) is 88.5 Å². The van der Waals surface area contributed by atoms with Crippen molar-refractivity contribution in [3.8, 4) is 34.5 Å². The SMILES string of the molecule is C/C=C(/C)[C@]1(O)Cc2c(O)c3c(c(O)c2[C@@H](O[C@H]2C[C@H](CC)[C@H](C)[C@H](C)O2)C1)C(=O)c1c(OC)cccc1C3=O.C/C=C(/CCC)[C@]1(O)Cc2c(O)c3c(c(O)c2[C@@H](O[C@H]2C[C@H](CC)[C@H](O)[C@H](C)O2)C1)C(=O)c1c(OC)cccc1C3=O.CCC(C(=O)O)C(=O)O.[CH3-].[NH2-].[Pt+2]. The molecule has 0 aromatic heterocycles. The topological polar surface area (TPSA) is 373 Å². The maximum absolute atomic E-state index is 13.9. The number of ether oxygens (including phenoxy) is 6. The average molecular weight is 1490 g/mol. The number of phenols is 4. The number of nitrogens with two attached hydrogens (primary N) is 1. The molecule has 2 heterocycles. The molecule has 516 valence electrons. The summed E-state index contributed by atoms with van der Waals surface area (Å²) in [6.45, 7) is 19.0. The normalized spacial score (nSPS) is 26.7. The molecular formula is C71H91NO21Pt. The molecule has 12 atom stereocenters. The zero-order chi connectivity index (χ0) is 67.0. The minimum Gasteiger partial charge on any atom is -0.693 e. The van der Waals surface area contributed by atoms with Crippen molar-refractivity contribution < 1.29 is 124 Å². The van der Waals surface area contributed by atoms with Crippen LogP contribution in [-0.2, 0) is 62.4 Å². The van der Waals surface area contributed by atoms with E-state index >= 15 is 0 Å². The molecule has 11 N–H and O–H groups in total. The van der Waals surface area contributed by atoms with Crippen LogP contribution in [0.5, 0.6) is 34.5 Å². The minimum absolute atomic E-state index is 0. The zero-order valence-electron chi connectivity index (χ0n) is 55.6. The van der Waals surface area contributed by atoms with E-state index in [0.29, 0.717) is 43.1 Å². The number of aliphatic carboxylic acids is 2. The number of fused-ring (bicyclic) bond motifs is 6. The van der Waals surface area contributed by atoms with Crippen LogP contribution < -0.4 is 9.47 Å². The van der Waals surface area contributed by atoms with Crippen LogP contribution in [0.15, 0.2) is 59.7 Å². The number of carboxylic acid groups (broad SMARTS) is 2. The van der Waals surface area contributed by atoms with E-state index in [2.05, 4.69) is 13.8 Å². The molecule has 2 fully saturated rings. The number of aliphatic hydroxyl groups is 3. The molecule has 2 saturated heterocycles. The second-order valence-electron chi connectivity index (χ2n) is 24.7. The first-order valence-corrected chi connectivity index (χ1v) is 31.3. The number of methoxy groups -OCH3 is 2. The largest absolute Gasteiger partial charge is 2.00 e. The number of carbonyl (C=O) groups excluding carboxylic acids is 4. The summed E-state index contributed by atoms with van der Waals surface area (Å²) < 4.78 is 35.9. The first-order valence-electron chi connectivity index (χ1n) is 31.3. The zero-order valence-corrected chi connectivity index (χ0v) is 57.8. The fourth-order valence-corrected chi connectivity index (χ4v) is 14.2.